The molecule has 1 aliphatic heterocycles. The van der Waals surface area contributed by atoms with Crippen LogP contribution in [0.5, 0.6) is 11.5 Å². The van der Waals surface area contributed by atoms with Gasteiger partial charge in [-0.3, -0.25) is 19.1 Å². The standard InChI is InChI=1S/C41H52N6O9S2/c1-7-24-20-41(24,39(50)46-58(52,53)23(4)5)45-36(48)32-18-27(21-47(32)38(49)35(22(2)3)44-40(51)56-25-11-8-9-12-25)55-33-19-31(37-43-29-13-10-14-34(29)57-37)42-30-17-26(54-6)15-16-28(30)33/h7,15-17,19,22-25,27,32,35H,1,8-14,18,20-21H2,2-6H3,(H,44,51)(H,45,48)(H,46,50)/t24?,27-,32+,35+,41?/m1/s1. The lowest BCUT2D eigenvalue weighted by molar-refractivity contribution is -0.141. The number of methoxy groups -OCH3 is 1. The minimum atomic E-state index is -4.02. The molecule has 2 aromatic heterocycles. The van der Waals surface area contributed by atoms with Crippen molar-refractivity contribution in [2.45, 2.75) is 121 Å². The molecule has 0 spiro atoms. The van der Waals surface area contributed by atoms with E-state index in [0.29, 0.717) is 28.1 Å². The molecule has 0 radical (unpaired) electrons. The van der Waals surface area contributed by atoms with Gasteiger partial charge in [-0.25, -0.2) is 23.2 Å². The van der Waals surface area contributed by atoms with Crippen LogP contribution in [0.25, 0.3) is 21.6 Å². The summed E-state index contributed by atoms with van der Waals surface area (Å²) in [6.07, 6.45) is 6.38. The number of amides is 4. The van der Waals surface area contributed by atoms with E-state index in [1.165, 1.54) is 29.7 Å². The van der Waals surface area contributed by atoms with Gasteiger partial charge in [-0.05, 0) is 83.3 Å². The SMILES string of the molecule is C=CC1CC1(NC(=O)[C@@H]1C[C@@H](Oc2cc(-c3nc4c(s3)CCC4)nc3cc(OC)ccc23)CN1C(=O)[C@@H](NC(=O)OC1CCCC1)C(C)C)C(=O)NS(=O)(=O)C(C)C. The van der Waals surface area contributed by atoms with Crippen molar-refractivity contribution in [2.75, 3.05) is 13.7 Å². The third kappa shape index (κ3) is 8.38. The Morgan fingerprint density at radius 2 is 1.79 bits per heavy atom. The fourth-order valence-electron chi connectivity index (χ4n) is 8.05. The van der Waals surface area contributed by atoms with E-state index in [0.717, 1.165) is 55.6 Å². The summed E-state index contributed by atoms with van der Waals surface area (Å²) in [6.45, 7) is 10.2. The van der Waals surface area contributed by atoms with Crippen LogP contribution in [0.4, 0.5) is 4.79 Å². The van der Waals surface area contributed by atoms with E-state index in [4.69, 9.17) is 24.2 Å². The van der Waals surface area contributed by atoms with Crippen LogP contribution in [0, 0.1) is 11.8 Å². The van der Waals surface area contributed by atoms with Gasteiger partial charge in [0.25, 0.3) is 5.91 Å². The number of hydrogen-bond acceptors (Lipinski definition) is 12. The lowest BCUT2D eigenvalue weighted by atomic mass is 10.0. The molecule has 1 saturated heterocycles. The first-order valence-corrected chi connectivity index (χ1v) is 22.4. The van der Waals surface area contributed by atoms with Gasteiger partial charge in [0.2, 0.25) is 21.8 Å². The lowest BCUT2D eigenvalue weighted by Gasteiger charge is -2.31. The minimum Gasteiger partial charge on any atom is -0.497 e. The predicted octanol–water partition coefficient (Wildman–Crippen LogP) is 4.81. The average Bonchev–Trinajstić information content (AvgIpc) is 3.74. The molecule has 2 saturated carbocycles. The number of nitrogens with zero attached hydrogens (tertiary/aromatic N) is 3. The van der Waals surface area contributed by atoms with Crippen molar-refractivity contribution >= 4 is 56.1 Å². The number of aryl methyl sites for hydroxylation is 2. The van der Waals surface area contributed by atoms with Crippen LogP contribution in [-0.2, 0) is 42.0 Å². The van der Waals surface area contributed by atoms with Gasteiger partial charge in [-0.15, -0.1) is 17.9 Å². The first kappa shape index (κ1) is 41.4. The second-order valence-electron chi connectivity index (χ2n) is 16.3. The number of ether oxygens (including phenoxy) is 3. The number of carbonyl (C=O) groups is 4. The summed E-state index contributed by atoms with van der Waals surface area (Å²) in [4.78, 5) is 68.1. The molecule has 5 atom stereocenters. The number of benzene rings is 1. The van der Waals surface area contributed by atoms with Gasteiger partial charge in [0.05, 0.1) is 30.1 Å². The first-order valence-electron chi connectivity index (χ1n) is 20.0. The number of likely N-dealkylation sites (tertiary alicyclic amines) is 1. The summed E-state index contributed by atoms with van der Waals surface area (Å²) in [5.74, 6) is -1.92. The number of hydrogen-bond donors (Lipinski definition) is 3. The predicted molar refractivity (Wildman–Crippen MR) is 218 cm³/mol. The molecule has 4 amide bonds. The molecule has 4 aliphatic rings. The number of pyridine rings is 1. The molecule has 3 fully saturated rings. The summed E-state index contributed by atoms with van der Waals surface area (Å²) in [5.41, 5.74) is 0.727. The van der Waals surface area contributed by atoms with Crippen LogP contribution in [0.3, 0.4) is 0 Å². The van der Waals surface area contributed by atoms with Crippen LogP contribution in [0.2, 0.25) is 0 Å². The lowest BCUT2D eigenvalue weighted by Crippen LogP contribution is -2.59. The quantitative estimate of drug-likeness (QED) is 0.189. The zero-order valence-electron chi connectivity index (χ0n) is 33.5. The molecule has 3 aliphatic carbocycles. The Morgan fingerprint density at radius 3 is 2.45 bits per heavy atom. The monoisotopic (exact) mass is 836 g/mol. The summed E-state index contributed by atoms with van der Waals surface area (Å²) in [7, 11) is -2.44. The van der Waals surface area contributed by atoms with Gasteiger partial charge in [-0.1, -0.05) is 19.9 Å². The third-order valence-electron chi connectivity index (χ3n) is 11.6. The van der Waals surface area contributed by atoms with E-state index in [1.54, 1.807) is 38.4 Å². The Morgan fingerprint density at radius 1 is 1.03 bits per heavy atom. The maximum atomic E-state index is 14.6. The van der Waals surface area contributed by atoms with E-state index in [-0.39, 0.29) is 31.4 Å². The fraction of sp³-hybridized carbons (Fsp3) is 0.561. The molecule has 58 heavy (non-hydrogen) atoms. The number of nitrogens with one attached hydrogen (secondary N) is 3. The second-order valence-corrected chi connectivity index (χ2v) is 19.6. The smallest absolute Gasteiger partial charge is 0.408 e. The summed E-state index contributed by atoms with van der Waals surface area (Å²) >= 11 is 1.61. The van der Waals surface area contributed by atoms with E-state index in [1.807, 2.05) is 18.2 Å². The highest BCUT2D eigenvalue weighted by atomic mass is 32.2. The highest BCUT2D eigenvalue weighted by Gasteiger charge is 2.61. The topological polar surface area (TPSA) is 195 Å². The molecule has 15 nitrogen and oxygen atoms in total. The molecule has 17 heteroatoms. The minimum absolute atomic E-state index is 0.0243. The van der Waals surface area contributed by atoms with Crippen molar-refractivity contribution in [3.63, 3.8) is 0 Å². The maximum absolute atomic E-state index is 14.6. The third-order valence-corrected chi connectivity index (χ3v) is 14.5. The largest absolute Gasteiger partial charge is 0.497 e. The number of aromatic nitrogens is 2. The molecule has 2 unspecified atom stereocenters. The fourth-order valence-corrected chi connectivity index (χ4v) is 9.84. The number of sulfonamides is 1. The summed E-state index contributed by atoms with van der Waals surface area (Å²) < 4.78 is 45.4. The van der Waals surface area contributed by atoms with Gasteiger partial charge >= 0.3 is 6.09 Å². The molecule has 312 valence electrons. The molecule has 3 N–H and O–H groups in total. The van der Waals surface area contributed by atoms with Crippen LogP contribution in [0.1, 0.15) is 83.2 Å². The highest BCUT2D eigenvalue weighted by molar-refractivity contribution is 7.90. The number of thiazole rings is 1. The van der Waals surface area contributed by atoms with Gasteiger partial charge in [-0.2, -0.15) is 0 Å². The Hall–Kier alpha value is -4.77. The van der Waals surface area contributed by atoms with Gasteiger partial charge in [0.15, 0.2) is 0 Å². The first-order chi connectivity index (χ1) is 27.6. The van der Waals surface area contributed by atoms with Crippen LogP contribution in [0.15, 0.2) is 36.9 Å². The Kier molecular flexibility index (Phi) is 11.8. The van der Waals surface area contributed by atoms with Crippen molar-refractivity contribution in [3.8, 4) is 22.2 Å². The number of rotatable bonds is 14. The van der Waals surface area contributed by atoms with E-state index < -0.39 is 68.7 Å². The molecule has 7 rings (SSSR count). The summed E-state index contributed by atoms with van der Waals surface area (Å²) in [6, 6.07) is 5.08. The summed E-state index contributed by atoms with van der Waals surface area (Å²) in [5, 5.41) is 6.12. The zero-order valence-corrected chi connectivity index (χ0v) is 35.2. The molecule has 3 heterocycles. The van der Waals surface area contributed by atoms with Gasteiger partial charge < -0.3 is 29.7 Å². The molecule has 3 aromatic rings. The van der Waals surface area contributed by atoms with Gasteiger partial charge in [0.1, 0.15) is 52.0 Å². The normalized spacial score (nSPS) is 23.4. The molecular weight excluding hydrogens is 785 g/mol. The van der Waals surface area contributed by atoms with Crippen molar-refractivity contribution in [2.24, 2.45) is 11.8 Å². The van der Waals surface area contributed by atoms with Crippen molar-refractivity contribution in [1.82, 2.24) is 30.2 Å². The van der Waals surface area contributed by atoms with E-state index >= 15 is 0 Å². The van der Waals surface area contributed by atoms with Gasteiger partial charge in [0, 0.05) is 34.7 Å². The molecule has 1 aromatic carbocycles. The van der Waals surface area contributed by atoms with Crippen LogP contribution >= 0.6 is 11.3 Å². The highest BCUT2D eigenvalue weighted by Crippen LogP contribution is 2.45. The number of alkyl carbamates (subject to hydrolysis) is 1. The average molecular weight is 837 g/mol. The second kappa shape index (κ2) is 16.5. The molecular formula is C41H52N6O9S2. The number of carbonyl (C=O) groups excluding carboxylic acids is 4. The van der Waals surface area contributed by atoms with Crippen molar-refractivity contribution in [1.29, 1.82) is 0 Å². The van der Waals surface area contributed by atoms with E-state index in [9.17, 15) is 27.6 Å². The van der Waals surface area contributed by atoms with Crippen LogP contribution < -0.4 is 24.8 Å². The Balaban J connectivity index is 1.20. The van der Waals surface area contributed by atoms with Crippen molar-refractivity contribution < 1.29 is 41.8 Å². The molecule has 0 bridgehead atoms. The van der Waals surface area contributed by atoms with E-state index in [2.05, 4.69) is 21.9 Å². The Bertz CT molecular complexity index is 2200. The number of fused-ring (bicyclic) bond motifs is 2. The van der Waals surface area contributed by atoms with Crippen molar-refractivity contribution in [3.05, 3.63) is 47.5 Å². The zero-order chi connectivity index (χ0) is 41.5. The Labute approximate surface area is 342 Å². The van der Waals surface area contributed by atoms with Crippen LogP contribution in [-0.4, -0.2) is 95.8 Å². The maximum Gasteiger partial charge on any atom is 0.408 e.